The first-order valence-electron chi connectivity index (χ1n) is 9.01. The SMILES string of the molecule is Cl.O=C(NCC(=O)N1CCc2ccccc21)c1cn(C2CCNCC2)nn1. The van der Waals surface area contributed by atoms with Crippen LogP contribution in [-0.4, -0.2) is 53.0 Å². The van der Waals surface area contributed by atoms with Crippen LogP contribution >= 0.6 is 12.4 Å². The number of nitrogens with one attached hydrogen (secondary N) is 2. The molecule has 8 nitrogen and oxygen atoms in total. The molecular formula is C18H23ClN6O2. The summed E-state index contributed by atoms with van der Waals surface area (Å²) in [4.78, 5) is 26.5. The Morgan fingerprint density at radius 3 is 2.81 bits per heavy atom. The number of halogens is 1. The number of piperidine rings is 1. The number of carbonyl (C=O) groups excluding carboxylic acids is 2. The van der Waals surface area contributed by atoms with E-state index < -0.39 is 0 Å². The zero-order valence-corrected chi connectivity index (χ0v) is 15.7. The van der Waals surface area contributed by atoms with E-state index in [0.717, 1.165) is 43.6 Å². The van der Waals surface area contributed by atoms with Crippen molar-refractivity contribution in [3.05, 3.63) is 41.7 Å². The van der Waals surface area contributed by atoms with Gasteiger partial charge in [0.25, 0.3) is 5.91 Å². The molecule has 0 atom stereocenters. The van der Waals surface area contributed by atoms with E-state index in [0.29, 0.717) is 6.54 Å². The normalized spacial score (nSPS) is 16.5. The van der Waals surface area contributed by atoms with Gasteiger partial charge in [0.05, 0.1) is 18.8 Å². The molecule has 2 aliphatic heterocycles. The van der Waals surface area contributed by atoms with Crippen molar-refractivity contribution < 1.29 is 9.59 Å². The van der Waals surface area contributed by atoms with E-state index in [-0.39, 0.29) is 42.5 Å². The van der Waals surface area contributed by atoms with Crippen molar-refractivity contribution in [3.8, 4) is 0 Å². The third kappa shape index (κ3) is 4.12. The second-order valence-electron chi connectivity index (χ2n) is 6.67. The van der Waals surface area contributed by atoms with Gasteiger partial charge in [-0.1, -0.05) is 23.4 Å². The number of aromatic nitrogens is 3. The number of fused-ring (bicyclic) bond motifs is 1. The molecule has 27 heavy (non-hydrogen) atoms. The minimum atomic E-state index is -0.369. The predicted octanol–water partition coefficient (Wildman–Crippen LogP) is 0.943. The highest BCUT2D eigenvalue weighted by molar-refractivity contribution is 6.00. The van der Waals surface area contributed by atoms with Gasteiger partial charge in [-0.2, -0.15) is 0 Å². The third-order valence-corrected chi connectivity index (χ3v) is 5.01. The summed E-state index contributed by atoms with van der Waals surface area (Å²) >= 11 is 0. The molecular weight excluding hydrogens is 368 g/mol. The highest BCUT2D eigenvalue weighted by Crippen LogP contribution is 2.27. The fourth-order valence-electron chi connectivity index (χ4n) is 3.57. The van der Waals surface area contributed by atoms with Crippen molar-refractivity contribution in [2.45, 2.75) is 25.3 Å². The molecule has 2 aromatic rings. The Labute approximate surface area is 163 Å². The van der Waals surface area contributed by atoms with Crippen LogP contribution in [0.15, 0.2) is 30.5 Å². The van der Waals surface area contributed by atoms with Crippen LogP contribution < -0.4 is 15.5 Å². The molecule has 0 unspecified atom stereocenters. The smallest absolute Gasteiger partial charge is 0.273 e. The molecule has 2 amide bonds. The lowest BCUT2D eigenvalue weighted by molar-refractivity contribution is -0.117. The Kier molecular flexibility index (Phi) is 6.08. The van der Waals surface area contributed by atoms with Gasteiger partial charge in [-0.25, -0.2) is 4.68 Å². The van der Waals surface area contributed by atoms with Crippen molar-refractivity contribution >= 4 is 29.9 Å². The van der Waals surface area contributed by atoms with E-state index in [4.69, 9.17) is 0 Å². The summed E-state index contributed by atoms with van der Waals surface area (Å²) in [6, 6.07) is 8.13. The molecule has 9 heteroatoms. The minimum Gasteiger partial charge on any atom is -0.342 e. The van der Waals surface area contributed by atoms with Crippen molar-refractivity contribution in [2.75, 3.05) is 31.1 Å². The van der Waals surface area contributed by atoms with Gasteiger partial charge in [-0.3, -0.25) is 9.59 Å². The van der Waals surface area contributed by atoms with Crippen LogP contribution in [-0.2, 0) is 11.2 Å². The van der Waals surface area contributed by atoms with Gasteiger partial charge >= 0.3 is 0 Å². The molecule has 1 aromatic carbocycles. The lowest BCUT2D eigenvalue weighted by Crippen LogP contribution is -2.39. The quantitative estimate of drug-likeness (QED) is 0.810. The van der Waals surface area contributed by atoms with Gasteiger partial charge < -0.3 is 15.5 Å². The van der Waals surface area contributed by atoms with E-state index in [1.54, 1.807) is 15.8 Å². The minimum absolute atomic E-state index is 0. The van der Waals surface area contributed by atoms with E-state index in [2.05, 4.69) is 20.9 Å². The van der Waals surface area contributed by atoms with E-state index >= 15 is 0 Å². The molecule has 0 aliphatic carbocycles. The highest BCUT2D eigenvalue weighted by Gasteiger charge is 2.25. The maximum atomic E-state index is 12.5. The zero-order chi connectivity index (χ0) is 17.9. The van der Waals surface area contributed by atoms with Gasteiger partial charge in [0.2, 0.25) is 5.91 Å². The number of carbonyl (C=O) groups is 2. The zero-order valence-electron chi connectivity index (χ0n) is 14.9. The van der Waals surface area contributed by atoms with Crippen LogP contribution in [0.25, 0.3) is 0 Å². The summed E-state index contributed by atoms with van der Waals surface area (Å²) in [7, 11) is 0. The molecule has 4 rings (SSSR count). The Morgan fingerprint density at radius 2 is 2.00 bits per heavy atom. The fraction of sp³-hybridized carbons (Fsp3) is 0.444. The summed E-state index contributed by atoms with van der Waals surface area (Å²) in [6.07, 6.45) is 4.45. The number of hydrogen-bond donors (Lipinski definition) is 2. The maximum absolute atomic E-state index is 12.5. The van der Waals surface area contributed by atoms with Gasteiger partial charge in [0, 0.05) is 12.2 Å². The van der Waals surface area contributed by atoms with Crippen molar-refractivity contribution in [1.29, 1.82) is 0 Å². The fourth-order valence-corrected chi connectivity index (χ4v) is 3.57. The van der Waals surface area contributed by atoms with Crippen LogP contribution in [0.4, 0.5) is 5.69 Å². The number of benzene rings is 1. The molecule has 0 bridgehead atoms. The van der Waals surface area contributed by atoms with Gasteiger partial charge in [-0.15, -0.1) is 17.5 Å². The van der Waals surface area contributed by atoms with E-state index in [9.17, 15) is 9.59 Å². The summed E-state index contributed by atoms with van der Waals surface area (Å²) < 4.78 is 1.76. The van der Waals surface area contributed by atoms with Gasteiger partial charge in [0.15, 0.2) is 5.69 Å². The van der Waals surface area contributed by atoms with Crippen LogP contribution in [0, 0.1) is 0 Å². The van der Waals surface area contributed by atoms with Crippen molar-refractivity contribution in [2.24, 2.45) is 0 Å². The Morgan fingerprint density at radius 1 is 1.22 bits per heavy atom. The maximum Gasteiger partial charge on any atom is 0.273 e. The van der Waals surface area contributed by atoms with Crippen molar-refractivity contribution in [1.82, 2.24) is 25.6 Å². The molecule has 0 radical (unpaired) electrons. The second kappa shape index (κ2) is 8.49. The van der Waals surface area contributed by atoms with Crippen LogP contribution in [0.1, 0.15) is 34.9 Å². The summed E-state index contributed by atoms with van der Waals surface area (Å²) in [5, 5.41) is 14.0. The Balaban J connectivity index is 0.00000210. The molecule has 3 heterocycles. The lowest BCUT2D eigenvalue weighted by atomic mass is 10.1. The number of nitrogens with zero attached hydrogens (tertiary/aromatic N) is 4. The third-order valence-electron chi connectivity index (χ3n) is 5.01. The number of anilines is 1. The first-order chi connectivity index (χ1) is 12.7. The van der Waals surface area contributed by atoms with E-state index in [1.807, 2.05) is 24.3 Å². The Hall–Kier alpha value is -2.45. The molecule has 2 N–H and O–H groups in total. The van der Waals surface area contributed by atoms with Crippen molar-refractivity contribution in [3.63, 3.8) is 0 Å². The number of hydrogen-bond acceptors (Lipinski definition) is 5. The lowest BCUT2D eigenvalue weighted by Gasteiger charge is -2.22. The summed E-state index contributed by atoms with van der Waals surface area (Å²) in [5.41, 5.74) is 2.35. The first kappa shape index (κ1) is 19.3. The predicted molar refractivity (Wildman–Crippen MR) is 103 cm³/mol. The molecule has 144 valence electrons. The standard InChI is InChI=1S/C18H22N6O2.ClH/c25-17(23-10-7-13-3-1-2-4-16(13)23)11-20-18(26)15-12-24(22-21-15)14-5-8-19-9-6-14;/h1-4,12,14,19H,5-11H2,(H,20,26);1H. The van der Waals surface area contributed by atoms with Crippen LogP contribution in [0.3, 0.4) is 0 Å². The van der Waals surface area contributed by atoms with E-state index in [1.165, 1.54) is 0 Å². The largest absolute Gasteiger partial charge is 0.342 e. The number of amides is 2. The first-order valence-corrected chi connectivity index (χ1v) is 9.01. The van der Waals surface area contributed by atoms with Crippen LogP contribution in [0.2, 0.25) is 0 Å². The molecule has 2 aliphatic rings. The second-order valence-corrected chi connectivity index (χ2v) is 6.67. The average Bonchev–Trinajstić information content (AvgIpc) is 3.34. The monoisotopic (exact) mass is 390 g/mol. The molecule has 0 spiro atoms. The highest BCUT2D eigenvalue weighted by atomic mass is 35.5. The number of rotatable bonds is 4. The molecule has 1 fully saturated rings. The average molecular weight is 391 g/mol. The molecule has 1 aromatic heterocycles. The van der Waals surface area contributed by atoms with Gasteiger partial charge in [-0.05, 0) is 44.0 Å². The number of para-hydroxylation sites is 1. The van der Waals surface area contributed by atoms with Gasteiger partial charge in [0.1, 0.15) is 0 Å². The summed E-state index contributed by atoms with van der Waals surface area (Å²) in [5.74, 6) is -0.486. The van der Waals surface area contributed by atoms with Crippen LogP contribution in [0.5, 0.6) is 0 Å². The Bertz CT molecular complexity index is 818. The summed E-state index contributed by atoms with van der Waals surface area (Å²) in [6.45, 7) is 2.49. The topological polar surface area (TPSA) is 92.2 Å². The molecule has 0 saturated carbocycles. The molecule has 1 saturated heterocycles.